The highest BCUT2D eigenvalue weighted by Gasteiger charge is 2.39. The minimum absolute atomic E-state index is 0.0680. The molecule has 0 radical (unpaired) electrons. The van der Waals surface area contributed by atoms with Gasteiger partial charge in [0.2, 0.25) is 0 Å². The number of amides is 2. The van der Waals surface area contributed by atoms with E-state index in [9.17, 15) is 9.59 Å². The van der Waals surface area contributed by atoms with Crippen LogP contribution in [0.3, 0.4) is 0 Å². The number of hydrogen-bond acceptors (Lipinski definition) is 7. The molecule has 0 spiro atoms. The SMILES string of the molecule is COc1ccc2c(c1CO[Si](C)(C)C(C)(C)C)Sc1c(ccc(OC)c1CN1C(=O)c3ccccc3C1=O)N2C. The molecular formula is C31H36N2O5SSi. The van der Waals surface area contributed by atoms with Crippen LogP contribution in [0.25, 0.3) is 0 Å². The van der Waals surface area contributed by atoms with E-state index in [1.165, 1.54) is 4.90 Å². The fourth-order valence-electron chi connectivity index (χ4n) is 4.86. The molecule has 9 heteroatoms. The maximum atomic E-state index is 13.3. The Labute approximate surface area is 241 Å². The summed E-state index contributed by atoms with van der Waals surface area (Å²) in [6.45, 7) is 11.7. The Balaban J connectivity index is 1.57. The summed E-state index contributed by atoms with van der Waals surface area (Å²) >= 11 is 1.61. The molecule has 0 saturated carbocycles. The highest BCUT2D eigenvalue weighted by molar-refractivity contribution is 7.99. The second-order valence-electron chi connectivity index (χ2n) is 11.6. The number of anilines is 2. The van der Waals surface area contributed by atoms with Crippen molar-refractivity contribution in [2.75, 3.05) is 26.2 Å². The topological polar surface area (TPSA) is 68.3 Å². The number of carbonyl (C=O) groups is 2. The Bertz CT molecular complexity index is 1480. The summed E-state index contributed by atoms with van der Waals surface area (Å²) in [5.74, 6) is 0.813. The van der Waals surface area contributed by atoms with Gasteiger partial charge in [0.15, 0.2) is 8.32 Å². The van der Waals surface area contributed by atoms with Gasteiger partial charge in [-0.25, -0.2) is 0 Å². The first-order chi connectivity index (χ1) is 18.9. The predicted octanol–water partition coefficient (Wildman–Crippen LogP) is 7.25. The van der Waals surface area contributed by atoms with E-state index in [-0.39, 0.29) is 23.4 Å². The summed E-state index contributed by atoms with van der Waals surface area (Å²) in [6.07, 6.45) is 0. The third-order valence-corrected chi connectivity index (χ3v) is 14.1. The standard InChI is InChI=1S/C31H36N2O5SSi/c1-31(2,3)40(7,8)38-18-22-26(37-6)16-14-24-28(22)39-27-21(25(36-5)15-13-23(27)32(24)4)17-33-29(34)19-11-9-10-12-20(19)30(33)35/h9-16H,17-18H2,1-8H3. The van der Waals surface area contributed by atoms with Gasteiger partial charge in [-0.3, -0.25) is 14.5 Å². The second kappa shape index (κ2) is 10.3. The summed E-state index contributed by atoms with van der Waals surface area (Å²) in [7, 11) is 3.29. The fourth-order valence-corrected chi connectivity index (χ4v) is 7.19. The third kappa shape index (κ3) is 4.59. The fraction of sp³-hybridized carbons (Fsp3) is 0.355. The predicted molar refractivity (Wildman–Crippen MR) is 161 cm³/mol. The van der Waals surface area contributed by atoms with Gasteiger partial charge in [-0.1, -0.05) is 44.7 Å². The molecule has 0 N–H and O–H groups in total. The summed E-state index contributed by atoms with van der Waals surface area (Å²) in [5, 5.41) is 0.0680. The van der Waals surface area contributed by atoms with Gasteiger partial charge in [0.05, 0.1) is 49.9 Å². The van der Waals surface area contributed by atoms with E-state index in [0.29, 0.717) is 23.5 Å². The minimum atomic E-state index is -2.03. The molecule has 0 aliphatic carbocycles. The monoisotopic (exact) mass is 576 g/mol. The van der Waals surface area contributed by atoms with E-state index in [1.54, 1.807) is 50.2 Å². The molecule has 0 atom stereocenters. The zero-order chi connectivity index (χ0) is 29.0. The van der Waals surface area contributed by atoms with Crippen LogP contribution in [0.4, 0.5) is 11.4 Å². The molecule has 3 aromatic rings. The van der Waals surface area contributed by atoms with Gasteiger partial charge in [-0.2, -0.15) is 0 Å². The number of benzene rings is 3. The number of nitrogens with zero attached hydrogens (tertiary/aromatic N) is 2. The van der Waals surface area contributed by atoms with Gasteiger partial charge in [-0.05, 0) is 54.5 Å². The van der Waals surface area contributed by atoms with Crippen LogP contribution in [0.15, 0.2) is 58.3 Å². The van der Waals surface area contributed by atoms with Crippen molar-refractivity contribution in [3.05, 3.63) is 70.8 Å². The molecule has 40 heavy (non-hydrogen) atoms. The largest absolute Gasteiger partial charge is 0.496 e. The molecule has 2 heterocycles. The second-order valence-corrected chi connectivity index (χ2v) is 17.5. The highest BCUT2D eigenvalue weighted by atomic mass is 32.2. The van der Waals surface area contributed by atoms with Crippen LogP contribution in [-0.4, -0.2) is 46.3 Å². The van der Waals surface area contributed by atoms with E-state index < -0.39 is 8.32 Å². The number of hydrogen-bond donors (Lipinski definition) is 0. The van der Waals surface area contributed by atoms with E-state index in [2.05, 4.69) is 44.8 Å². The molecule has 5 rings (SSSR count). The van der Waals surface area contributed by atoms with Crippen molar-refractivity contribution in [3.8, 4) is 11.5 Å². The van der Waals surface area contributed by atoms with Gasteiger partial charge < -0.3 is 18.8 Å². The first-order valence-corrected chi connectivity index (χ1v) is 17.0. The van der Waals surface area contributed by atoms with Crippen LogP contribution in [0, 0.1) is 0 Å². The molecule has 0 bridgehead atoms. The number of methoxy groups -OCH3 is 2. The molecule has 2 amide bonds. The Kier molecular flexibility index (Phi) is 7.27. The molecule has 2 aliphatic heterocycles. The van der Waals surface area contributed by atoms with Crippen molar-refractivity contribution in [1.29, 1.82) is 0 Å². The van der Waals surface area contributed by atoms with E-state index >= 15 is 0 Å². The molecule has 210 valence electrons. The molecule has 0 fully saturated rings. The van der Waals surface area contributed by atoms with Gasteiger partial charge in [0.25, 0.3) is 11.8 Å². The number of imide groups is 1. The third-order valence-electron chi connectivity index (χ3n) is 8.34. The molecule has 7 nitrogen and oxygen atoms in total. The van der Waals surface area contributed by atoms with Crippen LogP contribution in [0.1, 0.15) is 52.6 Å². The van der Waals surface area contributed by atoms with Gasteiger partial charge in [0, 0.05) is 28.0 Å². The van der Waals surface area contributed by atoms with Crippen molar-refractivity contribution in [2.45, 2.75) is 61.8 Å². The average molecular weight is 577 g/mol. The lowest BCUT2D eigenvalue weighted by Gasteiger charge is -2.37. The quantitative estimate of drug-likeness (QED) is 0.217. The van der Waals surface area contributed by atoms with Crippen molar-refractivity contribution in [2.24, 2.45) is 0 Å². The van der Waals surface area contributed by atoms with Gasteiger partial charge in [0.1, 0.15) is 11.5 Å². The number of ether oxygens (including phenoxy) is 2. The first kappa shape index (κ1) is 28.3. The molecule has 0 unspecified atom stereocenters. The van der Waals surface area contributed by atoms with E-state index in [1.807, 2.05) is 25.2 Å². The molecule has 2 aliphatic rings. The Morgan fingerprint density at radius 2 is 1.30 bits per heavy atom. The normalized spacial score (nSPS) is 14.7. The Hall–Kier alpha value is -3.27. The van der Waals surface area contributed by atoms with Crippen molar-refractivity contribution < 1.29 is 23.5 Å². The maximum absolute atomic E-state index is 13.3. The lowest BCUT2D eigenvalue weighted by atomic mass is 10.1. The van der Waals surface area contributed by atoms with Crippen LogP contribution >= 0.6 is 11.8 Å². The Morgan fingerprint density at radius 3 is 1.80 bits per heavy atom. The zero-order valence-corrected chi connectivity index (χ0v) is 26.2. The van der Waals surface area contributed by atoms with Crippen LogP contribution < -0.4 is 14.4 Å². The lowest BCUT2D eigenvalue weighted by Crippen LogP contribution is -2.40. The molecule has 3 aromatic carbocycles. The van der Waals surface area contributed by atoms with E-state index in [0.717, 1.165) is 38.0 Å². The molecule has 0 saturated heterocycles. The van der Waals surface area contributed by atoms with Crippen molar-refractivity contribution in [3.63, 3.8) is 0 Å². The molecular weight excluding hydrogens is 541 g/mol. The van der Waals surface area contributed by atoms with Gasteiger partial charge >= 0.3 is 0 Å². The van der Waals surface area contributed by atoms with Crippen LogP contribution in [-0.2, 0) is 17.6 Å². The first-order valence-electron chi connectivity index (χ1n) is 13.3. The van der Waals surface area contributed by atoms with E-state index in [4.69, 9.17) is 13.9 Å². The van der Waals surface area contributed by atoms with Crippen molar-refractivity contribution in [1.82, 2.24) is 4.90 Å². The molecule has 0 aromatic heterocycles. The summed E-state index contributed by atoms with van der Waals surface area (Å²) in [6, 6.07) is 14.9. The number of carbonyl (C=O) groups excluding carboxylic acids is 2. The van der Waals surface area contributed by atoms with Crippen molar-refractivity contribution >= 4 is 43.3 Å². The van der Waals surface area contributed by atoms with Gasteiger partial charge in [-0.15, -0.1) is 0 Å². The average Bonchev–Trinajstić information content (AvgIpc) is 3.16. The van der Waals surface area contributed by atoms with Crippen LogP contribution in [0.5, 0.6) is 11.5 Å². The maximum Gasteiger partial charge on any atom is 0.261 e. The summed E-state index contributed by atoms with van der Waals surface area (Å²) in [5.41, 5.74) is 4.66. The smallest absolute Gasteiger partial charge is 0.261 e. The summed E-state index contributed by atoms with van der Waals surface area (Å²) in [4.78, 5) is 31.9. The highest BCUT2D eigenvalue weighted by Crippen LogP contribution is 2.54. The van der Waals surface area contributed by atoms with Crippen LogP contribution in [0.2, 0.25) is 18.1 Å². The Morgan fingerprint density at radius 1 is 0.800 bits per heavy atom. The number of rotatable bonds is 7. The zero-order valence-electron chi connectivity index (χ0n) is 24.4. The number of fused-ring (bicyclic) bond motifs is 3. The lowest BCUT2D eigenvalue weighted by molar-refractivity contribution is 0.0640. The summed E-state index contributed by atoms with van der Waals surface area (Å²) < 4.78 is 18.2. The minimum Gasteiger partial charge on any atom is -0.496 e.